The van der Waals surface area contributed by atoms with Crippen molar-refractivity contribution in [1.29, 1.82) is 0 Å². The molecule has 2 amide bonds. The maximum atomic E-state index is 12.3. The van der Waals surface area contributed by atoms with Gasteiger partial charge >= 0.3 is 0 Å². The summed E-state index contributed by atoms with van der Waals surface area (Å²) in [5, 5.41) is 10.2. The quantitative estimate of drug-likeness (QED) is 0.600. The molecule has 0 aliphatic rings. The van der Waals surface area contributed by atoms with Crippen LogP contribution in [-0.4, -0.2) is 26.6 Å². The van der Waals surface area contributed by atoms with E-state index in [1.165, 1.54) is 23.4 Å². The van der Waals surface area contributed by atoms with Crippen molar-refractivity contribution in [2.75, 3.05) is 10.6 Å². The Balaban J connectivity index is 1.55. The molecule has 2 N–H and O–H groups in total. The molecule has 2 aromatic carbocycles. The minimum atomic E-state index is -0.489. The van der Waals surface area contributed by atoms with Crippen LogP contribution in [-0.2, 0) is 9.59 Å². The number of aryl methyl sites for hydroxylation is 1. The lowest BCUT2D eigenvalue weighted by molar-refractivity contribution is -0.119. The molecule has 8 heteroatoms. The topological polar surface area (TPSA) is 88.9 Å². The number of rotatable bonds is 6. The molecule has 3 rings (SSSR count). The largest absolute Gasteiger partial charge is 0.324 e. The van der Waals surface area contributed by atoms with Gasteiger partial charge in [0.05, 0.1) is 0 Å². The second-order valence-corrected chi connectivity index (χ2v) is 6.86. The number of amides is 2. The van der Waals surface area contributed by atoms with Crippen LogP contribution in [0.3, 0.4) is 0 Å². The van der Waals surface area contributed by atoms with E-state index in [1.54, 1.807) is 43.3 Å². The zero-order valence-electron chi connectivity index (χ0n) is 16.0. The van der Waals surface area contributed by atoms with Gasteiger partial charge in [0, 0.05) is 22.5 Å². The number of carbonyl (C=O) groups is 2. The normalized spacial score (nSPS) is 12.0. The number of nitrogens with one attached hydrogen (secondary N) is 2. The molecular weight excluding hydrogens is 390 g/mol. The maximum absolute atomic E-state index is 12.3. The zero-order valence-corrected chi connectivity index (χ0v) is 16.7. The molecule has 0 spiro atoms. The van der Waals surface area contributed by atoms with Crippen molar-refractivity contribution < 1.29 is 9.59 Å². The lowest BCUT2D eigenvalue weighted by Crippen LogP contribution is -2.24. The van der Waals surface area contributed by atoms with Gasteiger partial charge in [-0.2, -0.15) is 5.10 Å². The lowest BCUT2D eigenvalue weighted by atomic mass is 10.1. The van der Waals surface area contributed by atoms with E-state index in [9.17, 15) is 9.59 Å². The molecule has 148 valence electrons. The number of hydrogen-bond donors (Lipinski definition) is 2. The van der Waals surface area contributed by atoms with Gasteiger partial charge in [0.25, 0.3) is 0 Å². The van der Waals surface area contributed by atoms with Crippen LogP contribution in [0.1, 0.15) is 24.1 Å². The van der Waals surface area contributed by atoms with Gasteiger partial charge in [-0.3, -0.25) is 9.59 Å². The minimum Gasteiger partial charge on any atom is -0.324 e. The van der Waals surface area contributed by atoms with Gasteiger partial charge in [-0.15, -0.1) is 0 Å². The summed E-state index contributed by atoms with van der Waals surface area (Å²) in [6.07, 6.45) is 6.00. The first-order valence-electron chi connectivity index (χ1n) is 8.92. The first kappa shape index (κ1) is 20.3. The molecule has 0 saturated heterocycles. The summed E-state index contributed by atoms with van der Waals surface area (Å²) >= 11 is 6.09. The summed E-state index contributed by atoms with van der Waals surface area (Å²) < 4.78 is 1.47. The Morgan fingerprint density at radius 1 is 1.10 bits per heavy atom. The van der Waals surface area contributed by atoms with Crippen molar-refractivity contribution >= 4 is 40.9 Å². The number of nitrogens with zero attached hydrogens (tertiary/aromatic N) is 3. The third kappa shape index (κ3) is 5.52. The van der Waals surface area contributed by atoms with Crippen molar-refractivity contribution in [3.05, 3.63) is 77.3 Å². The average molecular weight is 410 g/mol. The van der Waals surface area contributed by atoms with Crippen molar-refractivity contribution in [3.8, 4) is 0 Å². The van der Waals surface area contributed by atoms with E-state index in [-0.39, 0.29) is 11.8 Å². The highest BCUT2D eigenvalue weighted by atomic mass is 35.5. The first-order chi connectivity index (χ1) is 13.9. The molecule has 1 unspecified atom stereocenters. The summed E-state index contributed by atoms with van der Waals surface area (Å²) in [6, 6.07) is 12.0. The second-order valence-electron chi connectivity index (χ2n) is 6.45. The molecule has 0 fully saturated rings. The van der Waals surface area contributed by atoms with Gasteiger partial charge < -0.3 is 10.6 Å². The van der Waals surface area contributed by atoms with Crippen LogP contribution in [0.5, 0.6) is 0 Å². The standard InChI is InChI=1S/C21H20ClN5O2/c1-14-3-4-16(11-19(14)22)5-10-20(28)25-17-6-8-18(9-7-17)26-21(29)15(2)27-13-23-12-24-27/h3-13,15H,1-2H3,(H,25,28)(H,26,29)/b10-5+. The smallest absolute Gasteiger partial charge is 0.249 e. The summed E-state index contributed by atoms with van der Waals surface area (Å²) in [7, 11) is 0. The highest BCUT2D eigenvalue weighted by Crippen LogP contribution is 2.18. The molecule has 0 aliphatic heterocycles. The van der Waals surface area contributed by atoms with Crippen LogP contribution in [0.25, 0.3) is 6.08 Å². The lowest BCUT2D eigenvalue weighted by Gasteiger charge is -2.12. The van der Waals surface area contributed by atoms with E-state index < -0.39 is 6.04 Å². The van der Waals surface area contributed by atoms with Gasteiger partial charge in [-0.25, -0.2) is 9.67 Å². The molecule has 0 radical (unpaired) electrons. The molecule has 1 heterocycles. The molecule has 7 nitrogen and oxygen atoms in total. The van der Waals surface area contributed by atoms with Gasteiger partial charge in [-0.1, -0.05) is 23.7 Å². The number of benzene rings is 2. The number of halogens is 1. The summed E-state index contributed by atoms with van der Waals surface area (Å²) in [6.45, 7) is 3.65. The van der Waals surface area contributed by atoms with E-state index >= 15 is 0 Å². The molecular formula is C21H20ClN5O2. The van der Waals surface area contributed by atoms with Gasteiger partial charge in [0.2, 0.25) is 11.8 Å². The summed E-state index contributed by atoms with van der Waals surface area (Å²) in [5.41, 5.74) is 3.06. The zero-order chi connectivity index (χ0) is 20.8. The Labute approximate surface area is 173 Å². The van der Waals surface area contributed by atoms with Crippen LogP contribution >= 0.6 is 11.6 Å². The predicted octanol–water partition coefficient (Wildman–Crippen LogP) is 4.09. The van der Waals surface area contributed by atoms with E-state index in [0.29, 0.717) is 16.4 Å². The Hall–Kier alpha value is -3.45. The maximum Gasteiger partial charge on any atom is 0.249 e. The molecule has 0 bridgehead atoms. The molecule has 29 heavy (non-hydrogen) atoms. The number of carbonyl (C=O) groups excluding carboxylic acids is 2. The van der Waals surface area contributed by atoms with Crippen molar-refractivity contribution in [3.63, 3.8) is 0 Å². The molecule has 1 aromatic heterocycles. The van der Waals surface area contributed by atoms with E-state index in [1.807, 2.05) is 19.1 Å². The van der Waals surface area contributed by atoms with E-state index in [0.717, 1.165) is 11.1 Å². The Morgan fingerprint density at radius 3 is 2.41 bits per heavy atom. The second kappa shape index (κ2) is 9.16. The van der Waals surface area contributed by atoms with Crippen LogP contribution < -0.4 is 10.6 Å². The van der Waals surface area contributed by atoms with E-state index in [2.05, 4.69) is 20.7 Å². The molecule has 0 aliphatic carbocycles. The highest BCUT2D eigenvalue weighted by Gasteiger charge is 2.15. The fraction of sp³-hybridized carbons (Fsp3) is 0.143. The van der Waals surface area contributed by atoms with Crippen LogP contribution in [0.15, 0.2) is 61.2 Å². The van der Waals surface area contributed by atoms with Crippen molar-refractivity contribution in [2.45, 2.75) is 19.9 Å². The summed E-state index contributed by atoms with van der Waals surface area (Å²) in [4.78, 5) is 28.2. The fourth-order valence-corrected chi connectivity index (χ4v) is 2.68. The van der Waals surface area contributed by atoms with Gasteiger partial charge in [0.1, 0.15) is 18.7 Å². The van der Waals surface area contributed by atoms with Crippen molar-refractivity contribution in [1.82, 2.24) is 14.8 Å². The van der Waals surface area contributed by atoms with Crippen LogP contribution in [0.2, 0.25) is 5.02 Å². The first-order valence-corrected chi connectivity index (χ1v) is 9.30. The molecule has 0 saturated carbocycles. The van der Waals surface area contributed by atoms with Gasteiger partial charge in [0.15, 0.2) is 0 Å². The SMILES string of the molecule is Cc1ccc(/C=C/C(=O)Nc2ccc(NC(=O)C(C)n3cncn3)cc2)cc1Cl. The Kier molecular flexibility index (Phi) is 6.41. The average Bonchev–Trinajstić information content (AvgIpc) is 3.24. The number of hydrogen-bond acceptors (Lipinski definition) is 4. The van der Waals surface area contributed by atoms with Crippen LogP contribution in [0, 0.1) is 6.92 Å². The molecule has 1 atom stereocenters. The number of anilines is 2. The third-order valence-electron chi connectivity index (χ3n) is 4.26. The Morgan fingerprint density at radius 2 is 1.79 bits per heavy atom. The van der Waals surface area contributed by atoms with Crippen LogP contribution in [0.4, 0.5) is 11.4 Å². The Bertz CT molecular complexity index is 1030. The number of aromatic nitrogens is 3. The minimum absolute atomic E-state index is 0.216. The van der Waals surface area contributed by atoms with Gasteiger partial charge in [-0.05, 0) is 61.4 Å². The molecule has 3 aromatic rings. The van der Waals surface area contributed by atoms with Crippen molar-refractivity contribution in [2.24, 2.45) is 0 Å². The third-order valence-corrected chi connectivity index (χ3v) is 4.66. The van der Waals surface area contributed by atoms with E-state index in [4.69, 9.17) is 11.6 Å². The highest BCUT2D eigenvalue weighted by molar-refractivity contribution is 6.31. The summed E-state index contributed by atoms with van der Waals surface area (Å²) in [5.74, 6) is -0.481. The fourth-order valence-electron chi connectivity index (χ4n) is 2.49. The predicted molar refractivity (Wildman–Crippen MR) is 114 cm³/mol. The monoisotopic (exact) mass is 409 g/mol.